The van der Waals surface area contributed by atoms with Gasteiger partial charge in [-0.3, -0.25) is 4.79 Å². The highest BCUT2D eigenvalue weighted by molar-refractivity contribution is 5.96. The number of amides is 3. The van der Waals surface area contributed by atoms with E-state index in [2.05, 4.69) is 10.6 Å². The van der Waals surface area contributed by atoms with Crippen LogP contribution < -0.4 is 25.8 Å². The first kappa shape index (κ1) is 16.6. The third kappa shape index (κ3) is 3.63. The molecule has 0 radical (unpaired) electrons. The number of rotatable bonds is 4. The highest BCUT2D eigenvalue weighted by Gasteiger charge is 2.17. The molecule has 0 aromatic heterocycles. The van der Waals surface area contributed by atoms with Crippen molar-refractivity contribution in [1.29, 1.82) is 0 Å². The number of hydrogen-bond acceptors (Lipinski definition) is 4. The molecular formula is C17H16FN3O4. The summed E-state index contributed by atoms with van der Waals surface area (Å²) >= 11 is 0. The molecule has 0 saturated carbocycles. The molecule has 1 atom stereocenters. The highest BCUT2D eigenvalue weighted by atomic mass is 19.1. The van der Waals surface area contributed by atoms with E-state index in [1.54, 1.807) is 19.1 Å². The second-order valence-corrected chi connectivity index (χ2v) is 5.49. The van der Waals surface area contributed by atoms with Crippen LogP contribution in [0.2, 0.25) is 0 Å². The van der Waals surface area contributed by atoms with Crippen LogP contribution in [0.15, 0.2) is 36.4 Å². The lowest BCUT2D eigenvalue weighted by Crippen LogP contribution is -2.31. The summed E-state index contributed by atoms with van der Waals surface area (Å²) in [5, 5.41) is 5.28. The molecule has 1 aliphatic rings. The Labute approximate surface area is 142 Å². The standard InChI is InChI=1S/C17H16FN3O4/c1-9(10-2-5-14-15(6-10)25-8-24-14)20-17(23)21-11-3-4-13(18)12(7-11)16(19)22/h2-7,9H,8H2,1H3,(H2,19,22)(H2,20,21,23)/t9-/m0/s1. The quantitative estimate of drug-likeness (QED) is 0.792. The number of fused-ring (bicyclic) bond motifs is 1. The van der Waals surface area contributed by atoms with Gasteiger partial charge >= 0.3 is 6.03 Å². The fourth-order valence-electron chi connectivity index (χ4n) is 2.42. The Morgan fingerprint density at radius 3 is 2.68 bits per heavy atom. The van der Waals surface area contributed by atoms with Crippen LogP contribution in [0.5, 0.6) is 11.5 Å². The van der Waals surface area contributed by atoms with E-state index in [9.17, 15) is 14.0 Å². The van der Waals surface area contributed by atoms with Crippen molar-refractivity contribution in [3.05, 3.63) is 53.3 Å². The largest absolute Gasteiger partial charge is 0.454 e. The molecule has 1 aliphatic heterocycles. The van der Waals surface area contributed by atoms with E-state index in [-0.39, 0.29) is 24.1 Å². The molecule has 0 unspecified atom stereocenters. The van der Waals surface area contributed by atoms with Gasteiger partial charge in [-0.05, 0) is 42.8 Å². The first-order chi connectivity index (χ1) is 11.9. The number of primary amides is 1. The molecule has 8 heteroatoms. The Bertz CT molecular complexity index is 841. The maximum absolute atomic E-state index is 13.4. The first-order valence-electron chi connectivity index (χ1n) is 7.50. The normalized spacial score (nSPS) is 13.2. The lowest BCUT2D eigenvalue weighted by atomic mass is 10.1. The fraction of sp³-hybridized carbons (Fsp3) is 0.176. The van der Waals surface area contributed by atoms with Crippen LogP contribution in [0.25, 0.3) is 0 Å². The Morgan fingerprint density at radius 2 is 1.92 bits per heavy atom. The molecule has 2 aromatic rings. The van der Waals surface area contributed by atoms with Gasteiger partial charge < -0.3 is 25.8 Å². The zero-order valence-corrected chi connectivity index (χ0v) is 13.3. The SMILES string of the molecule is C[C@H](NC(=O)Nc1ccc(F)c(C(N)=O)c1)c1ccc2c(c1)OCO2. The molecular weight excluding hydrogens is 329 g/mol. The molecule has 7 nitrogen and oxygen atoms in total. The molecule has 2 aromatic carbocycles. The number of nitrogens with one attached hydrogen (secondary N) is 2. The lowest BCUT2D eigenvalue weighted by Gasteiger charge is -2.16. The summed E-state index contributed by atoms with van der Waals surface area (Å²) in [4.78, 5) is 23.3. The van der Waals surface area contributed by atoms with Crippen molar-refractivity contribution in [2.75, 3.05) is 12.1 Å². The van der Waals surface area contributed by atoms with Gasteiger partial charge in [0.25, 0.3) is 5.91 Å². The summed E-state index contributed by atoms with van der Waals surface area (Å²) in [5.41, 5.74) is 5.88. The van der Waals surface area contributed by atoms with E-state index < -0.39 is 17.8 Å². The summed E-state index contributed by atoms with van der Waals surface area (Å²) < 4.78 is 24.0. The monoisotopic (exact) mass is 345 g/mol. The molecule has 1 heterocycles. The van der Waals surface area contributed by atoms with Crippen molar-refractivity contribution >= 4 is 17.6 Å². The van der Waals surface area contributed by atoms with Crippen LogP contribution in [-0.4, -0.2) is 18.7 Å². The van der Waals surface area contributed by atoms with E-state index in [1.165, 1.54) is 12.1 Å². The van der Waals surface area contributed by atoms with Crippen LogP contribution in [-0.2, 0) is 0 Å². The molecule has 0 aliphatic carbocycles. The molecule has 4 N–H and O–H groups in total. The second kappa shape index (κ2) is 6.68. The average Bonchev–Trinajstić information content (AvgIpc) is 3.03. The number of carbonyl (C=O) groups excluding carboxylic acids is 2. The molecule has 3 rings (SSSR count). The third-order valence-electron chi connectivity index (χ3n) is 3.73. The molecule has 0 bridgehead atoms. The van der Waals surface area contributed by atoms with Crippen LogP contribution in [0.4, 0.5) is 14.9 Å². The highest BCUT2D eigenvalue weighted by Crippen LogP contribution is 2.34. The number of nitrogens with two attached hydrogens (primary N) is 1. The summed E-state index contributed by atoms with van der Waals surface area (Å²) in [6.07, 6.45) is 0. The predicted octanol–water partition coefficient (Wildman–Crippen LogP) is 2.54. The molecule has 0 spiro atoms. The Hall–Kier alpha value is -3.29. The van der Waals surface area contributed by atoms with Crippen molar-refractivity contribution in [2.24, 2.45) is 5.73 Å². The topological polar surface area (TPSA) is 103 Å². The lowest BCUT2D eigenvalue weighted by molar-refractivity contribution is 0.0996. The summed E-state index contributed by atoms with van der Waals surface area (Å²) in [6.45, 7) is 1.98. The van der Waals surface area contributed by atoms with Crippen molar-refractivity contribution in [1.82, 2.24) is 5.32 Å². The van der Waals surface area contributed by atoms with Crippen molar-refractivity contribution < 1.29 is 23.5 Å². The van der Waals surface area contributed by atoms with E-state index in [0.717, 1.165) is 11.6 Å². The number of anilines is 1. The summed E-state index contributed by atoms with van der Waals surface area (Å²) in [7, 11) is 0. The number of benzene rings is 2. The smallest absolute Gasteiger partial charge is 0.319 e. The van der Waals surface area contributed by atoms with E-state index >= 15 is 0 Å². The average molecular weight is 345 g/mol. The summed E-state index contributed by atoms with van der Waals surface area (Å²) in [5.74, 6) is -0.371. The van der Waals surface area contributed by atoms with Gasteiger partial charge in [-0.15, -0.1) is 0 Å². The van der Waals surface area contributed by atoms with Crippen LogP contribution in [0.3, 0.4) is 0 Å². The molecule has 130 valence electrons. The minimum Gasteiger partial charge on any atom is -0.454 e. The maximum Gasteiger partial charge on any atom is 0.319 e. The number of hydrogen-bond donors (Lipinski definition) is 3. The molecule has 3 amide bonds. The van der Waals surface area contributed by atoms with Crippen LogP contribution in [0, 0.1) is 5.82 Å². The van der Waals surface area contributed by atoms with Gasteiger partial charge in [0.1, 0.15) is 5.82 Å². The van der Waals surface area contributed by atoms with E-state index in [0.29, 0.717) is 11.5 Å². The van der Waals surface area contributed by atoms with Crippen molar-refractivity contribution in [3.63, 3.8) is 0 Å². The van der Waals surface area contributed by atoms with Gasteiger partial charge in [0.2, 0.25) is 6.79 Å². The first-order valence-corrected chi connectivity index (χ1v) is 7.50. The number of halogens is 1. The fourth-order valence-corrected chi connectivity index (χ4v) is 2.42. The Kier molecular flexibility index (Phi) is 4.42. The second-order valence-electron chi connectivity index (χ2n) is 5.49. The van der Waals surface area contributed by atoms with E-state index in [4.69, 9.17) is 15.2 Å². The molecule has 25 heavy (non-hydrogen) atoms. The Balaban J connectivity index is 1.66. The van der Waals surface area contributed by atoms with Crippen molar-refractivity contribution in [3.8, 4) is 11.5 Å². The third-order valence-corrected chi connectivity index (χ3v) is 3.73. The minimum absolute atomic E-state index is 0.174. The molecule has 0 saturated heterocycles. The maximum atomic E-state index is 13.4. The molecule has 0 fully saturated rings. The number of carbonyl (C=O) groups is 2. The zero-order chi connectivity index (χ0) is 18.0. The predicted molar refractivity (Wildman–Crippen MR) is 88.1 cm³/mol. The van der Waals surface area contributed by atoms with Crippen LogP contribution >= 0.6 is 0 Å². The minimum atomic E-state index is -0.907. The zero-order valence-electron chi connectivity index (χ0n) is 13.3. The van der Waals surface area contributed by atoms with Gasteiger partial charge in [0.15, 0.2) is 11.5 Å². The van der Waals surface area contributed by atoms with Gasteiger partial charge in [0, 0.05) is 5.69 Å². The van der Waals surface area contributed by atoms with Gasteiger partial charge in [-0.25, -0.2) is 9.18 Å². The van der Waals surface area contributed by atoms with Crippen molar-refractivity contribution in [2.45, 2.75) is 13.0 Å². The number of ether oxygens (including phenoxy) is 2. The summed E-state index contributed by atoms with van der Waals surface area (Å²) in [6, 6.07) is 8.15. The van der Waals surface area contributed by atoms with Gasteiger partial charge in [-0.1, -0.05) is 6.07 Å². The number of urea groups is 1. The van der Waals surface area contributed by atoms with E-state index in [1.807, 2.05) is 6.07 Å². The van der Waals surface area contributed by atoms with Gasteiger partial charge in [-0.2, -0.15) is 0 Å². The Morgan fingerprint density at radius 1 is 1.16 bits per heavy atom. The van der Waals surface area contributed by atoms with Gasteiger partial charge in [0.05, 0.1) is 11.6 Å². The van der Waals surface area contributed by atoms with Crippen LogP contribution in [0.1, 0.15) is 28.9 Å².